The van der Waals surface area contributed by atoms with E-state index in [0.717, 1.165) is 5.56 Å². The second-order valence-corrected chi connectivity index (χ2v) is 3.14. The highest BCUT2D eigenvalue weighted by Crippen LogP contribution is 2.09. The Morgan fingerprint density at radius 2 is 2.17 bits per heavy atom. The van der Waals surface area contributed by atoms with Crippen molar-refractivity contribution in [1.82, 2.24) is 4.98 Å². The van der Waals surface area contributed by atoms with Gasteiger partial charge in [0.15, 0.2) is 0 Å². The Labute approximate surface area is 76.6 Å². The molecule has 0 saturated carbocycles. The number of halogens is 1. The van der Waals surface area contributed by atoms with E-state index in [2.05, 4.69) is 4.98 Å². The van der Waals surface area contributed by atoms with Crippen LogP contribution in [0.5, 0.6) is 0 Å². The predicted molar refractivity (Wildman–Crippen MR) is 48.0 cm³/mol. The minimum absolute atomic E-state index is 0.117. The molecule has 0 saturated heterocycles. The summed E-state index contributed by atoms with van der Waals surface area (Å²) in [7, 11) is 0. The lowest BCUT2D eigenvalue weighted by Crippen LogP contribution is -2.07. The normalized spacial score (nSPS) is 12.5. The number of hydrogen-bond acceptors (Lipinski definition) is 2. The fourth-order valence-corrected chi connectivity index (χ4v) is 1.03. The van der Waals surface area contributed by atoms with Crippen LogP contribution in [0.15, 0.2) is 24.5 Å². The van der Waals surface area contributed by atoms with E-state index >= 15 is 0 Å². The van der Waals surface area contributed by atoms with Crippen LogP contribution in [0.25, 0.3) is 0 Å². The van der Waals surface area contributed by atoms with Gasteiger partial charge < -0.3 is 0 Å². The first-order valence-electron chi connectivity index (χ1n) is 3.78. The van der Waals surface area contributed by atoms with Crippen LogP contribution in [-0.2, 0) is 11.2 Å². The largest absolute Gasteiger partial charge is 0.281 e. The lowest BCUT2D eigenvalue weighted by molar-refractivity contribution is -0.114. The summed E-state index contributed by atoms with van der Waals surface area (Å²) in [5.74, 6) is -0.117. The van der Waals surface area contributed by atoms with Crippen LogP contribution >= 0.6 is 11.6 Å². The van der Waals surface area contributed by atoms with Crippen LogP contribution in [0, 0.1) is 5.92 Å². The zero-order chi connectivity index (χ0) is 8.97. The van der Waals surface area contributed by atoms with Crippen molar-refractivity contribution in [2.75, 3.05) is 0 Å². The maximum absolute atomic E-state index is 10.7. The summed E-state index contributed by atoms with van der Waals surface area (Å²) in [5, 5.41) is -0.285. The Morgan fingerprint density at radius 1 is 1.58 bits per heavy atom. The number of rotatable bonds is 3. The molecule has 1 aromatic rings. The third kappa shape index (κ3) is 2.62. The highest BCUT2D eigenvalue weighted by Gasteiger charge is 2.09. The first-order valence-corrected chi connectivity index (χ1v) is 4.16. The second kappa shape index (κ2) is 4.21. The topological polar surface area (TPSA) is 30.0 Å². The monoisotopic (exact) mass is 183 g/mol. The molecule has 0 radical (unpaired) electrons. The maximum Gasteiger partial charge on any atom is 0.224 e. The first kappa shape index (κ1) is 9.20. The Hall–Kier alpha value is -0.890. The first-order chi connectivity index (χ1) is 5.70. The molecular weight excluding hydrogens is 174 g/mol. The van der Waals surface area contributed by atoms with E-state index in [1.54, 1.807) is 12.4 Å². The summed E-state index contributed by atoms with van der Waals surface area (Å²) in [5.41, 5.74) is 1.09. The smallest absolute Gasteiger partial charge is 0.224 e. The van der Waals surface area contributed by atoms with Gasteiger partial charge in [0.1, 0.15) is 0 Å². The minimum Gasteiger partial charge on any atom is -0.281 e. The van der Waals surface area contributed by atoms with E-state index in [1.165, 1.54) is 0 Å². The average Bonchev–Trinajstić information content (AvgIpc) is 2.06. The molecule has 0 bridgehead atoms. The van der Waals surface area contributed by atoms with E-state index in [0.29, 0.717) is 6.42 Å². The fraction of sp³-hybridized carbons (Fsp3) is 0.333. The van der Waals surface area contributed by atoms with E-state index in [-0.39, 0.29) is 11.2 Å². The molecule has 0 aliphatic heterocycles. The molecule has 0 aliphatic carbocycles. The van der Waals surface area contributed by atoms with E-state index in [4.69, 9.17) is 11.6 Å². The number of pyridine rings is 1. The van der Waals surface area contributed by atoms with E-state index in [1.807, 2.05) is 19.1 Å². The van der Waals surface area contributed by atoms with Crippen LogP contribution in [0.4, 0.5) is 0 Å². The van der Waals surface area contributed by atoms with Crippen LogP contribution in [0.1, 0.15) is 12.5 Å². The molecule has 0 N–H and O–H groups in total. The molecule has 0 fully saturated rings. The zero-order valence-corrected chi connectivity index (χ0v) is 7.58. The van der Waals surface area contributed by atoms with Crippen LogP contribution in [0.2, 0.25) is 0 Å². The Morgan fingerprint density at radius 3 is 2.67 bits per heavy atom. The molecular formula is C9H10ClNO. The van der Waals surface area contributed by atoms with Gasteiger partial charge in [-0.25, -0.2) is 0 Å². The van der Waals surface area contributed by atoms with Crippen molar-refractivity contribution in [1.29, 1.82) is 0 Å². The minimum atomic E-state index is -0.285. The summed E-state index contributed by atoms with van der Waals surface area (Å²) in [4.78, 5) is 14.6. The van der Waals surface area contributed by atoms with Crippen molar-refractivity contribution in [3.05, 3.63) is 30.1 Å². The van der Waals surface area contributed by atoms with Crippen molar-refractivity contribution in [3.63, 3.8) is 0 Å². The molecule has 1 atom stereocenters. The quantitative estimate of drug-likeness (QED) is 0.672. The van der Waals surface area contributed by atoms with Gasteiger partial charge in [0, 0.05) is 18.3 Å². The van der Waals surface area contributed by atoms with Gasteiger partial charge in [-0.05, 0) is 35.7 Å². The summed E-state index contributed by atoms with van der Waals surface area (Å²) in [6.07, 6.45) is 4.10. The van der Waals surface area contributed by atoms with Crippen molar-refractivity contribution in [2.45, 2.75) is 13.3 Å². The number of aromatic nitrogens is 1. The SMILES string of the molecule is CC(Cc1ccncc1)C(=O)Cl. The molecule has 0 aliphatic rings. The molecule has 3 heteroatoms. The summed E-state index contributed by atoms with van der Waals surface area (Å²) in [6.45, 7) is 1.82. The van der Waals surface area contributed by atoms with Gasteiger partial charge in [-0.2, -0.15) is 0 Å². The maximum atomic E-state index is 10.7. The van der Waals surface area contributed by atoms with Crippen molar-refractivity contribution in [2.24, 2.45) is 5.92 Å². The predicted octanol–water partition coefficient (Wildman–Crippen LogP) is 2.03. The second-order valence-electron chi connectivity index (χ2n) is 2.76. The van der Waals surface area contributed by atoms with Crippen molar-refractivity contribution < 1.29 is 4.79 Å². The molecule has 0 spiro atoms. The standard InChI is InChI=1S/C9H10ClNO/c1-7(9(10)12)6-8-2-4-11-5-3-8/h2-5,7H,6H2,1H3. The Kier molecular flexibility index (Phi) is 3.23. The third-order valence-corrected chi connectivity index (χ3v) is 2.05. The van der Waals surface area contributed by atoms with Gasteiger partial charge in [0.2, 0.25) is 5.24 Å². The van der Waals surface area contributed by atoms with E-state index < -0.39 is 0 Å². The van der Waals surface area contributed by atoms with Gasteiger partial charge in [-0.15, -0.1) is 0 Å². The fourth-order valence-electron chi connectivity index (χ4n) is 0.953. The molecule has 1 rings (SSSR count). The van der Waals surface area contributed by atoms with Crippen molar-refractivity contribution in [3.8, 4) is 0 Å². The summed E-state index contributed by atoms with van der Waals surface area (Å²) in [6, 6.07) is 3.77. The number of carbonyl (C=O) groups excluding carboxylic acids is 1. The molecule has 1 heterocycles. The average molecular weight is 184 g/mol. The third-order valence-electron chi connectivity index (χ3n) is 1.68. The molecule has 1 unspecified atom stereocenters. The molecule has 1 aromatic heterocycles. The molecule has 0 aromatic carbocycles. The molecule has 0 amide bonds. The van der Waals surface area contributed by atoms with Crippen LogP contribution in [0.3, 0.4) is 0 Å². The van der Waals surface area contributed by atoms with Gasteiger partial charge >= 0.3 is 0 Å². The summed E-state index contributed by atoms with van der Waals surface area (Å²) >= 11 is 5.32. The Balaban J connectivity index is 2.58. The zero-order valence-electron chi connectivity index (χ0n) is 6.83. The number of nitrogens with zero attached hydrogens (tertiary/aromatic N) is 1. The van der Waals surface area contributed by atoms with Gasteiger partial charge in [0.05, 0.1) is 0 Å². The van der Waals surface area contributed by atoms with Gasteiger partial charge in [-0.1, -0.05) is 6.92 Å². The highest BCUT2D eigenvalue weighted by atomic mass is 35.5. The van der Waals surface area contributed by atoms with Crippen LogP contribution < -0.4 is 0 Å². The van der Waals surface area contributed by atoms with Gasteiger partial charge in [-0.3, -0.25) is 9.78 Å². The lowest BCUT2D eigenvalue weighted by atomic mass is 10.0. The molecule has 64 valence electrons. The summed E-state index contributed by atoms with van der Waals surface area (Å²) < 4.78 is 0. The Bertz CT molecular complexity index is 260. The van der Waals surface area contributed by atoms with Gasteiger partial charge in [0.25, 0.3) is 0 Å². The number of carbonyl (C=O) groups is 1. The van der Waals surface area contributed by atoms with E-state index in [9.17, 15) is 4.79 Å². The molecule has 12 heavy (non-hydrogen) atoms. The van der Waals surface area contributed by atoms with Crippen LogP contribution in [-0.4, -0.2) is 10.2 Å². The lowest BCUT2D eigenvalue weighted by Gasteiger charge is -2.04. The van der Waals surface area contributed by atoms with Crippen molar-refractivity contribution >= 4 is 16.8 Å². The number of hydrogen-bond donors (Lipinski definition) is 0. The molecule has 2 nitrogen and oxygen atoms in total. The highest BCUT2D eigenvalue weighted by molar-refractivity contribution is 6.63.